The lowest BCUT2D eigenvalue weighted by molar-refractivity contribution is 0.0989. The molecule has 0 saturated carbocycles. The van der Waals surface area contributed by atoms with Crippen LogP contribution in [-0.4, -0.2) is 29.6 Å². The van der Waals surface area contributed by atoms with Crippen LogP contribution in [-0.2, 0) is 6.42 Å². The second kappa shape index (κ2) is 7.53. The van der Waals surface area contributed by atoms with E-state index in [2.05, 4.69) is 4.98 Å². The molecule has 0 spiro atoms. The Labute approximate surface area is 143 Å². The fourth-order valence-electron chi connectivity index (χ4n) is 2.08. The van der Waals surface area contributed by atoms with Gasteiger partial charge in [0.2, 0.25) is 5.75 Å². The largest absolute Gasteiger partial charge is 0.504 e. The fraction of sp³-hybridized carbons (Fsp3) is 0.250. The van der Waals surface area contributed by atoms with Crippen LogP contribution in [0.3, 0.4) is 0 Å². The highest BCUT2D eigenvalue weighted by Crippen LogP contribution is 2.40. The van der Waals surface area contributed by atoms with Gasteiger partial charge in [-0.05, 0) is 19.1 Å². The van der Waals surface area contributed by atoms with Crippen LogP contribution in [0, 0.1) is 0 Å². The molecule has 0 aliphatic carbocycles. The van der Waals surface area contributed by atoms with Crippen molar-refractivity contribution in [1.29, 1.82) is 0 Å². The van der Waals surface area contributed by atoms with Crippen molar-refractivity contribution in [1.82, 2.24) is 4.98 Å². The summed E-state index contributed by atoms with van der Waals surface area (Å²) in [5, 5.41) is 10.9. The Bertz CT molecular complexity index is 714. The summed E-state index contributed by atoms with van der Waals surface area (Å²) in [7, 11) is 1.45. The molecule has 2 aromatic rings. The van der Waals surface area contributed by atoms with Gasteiger partial charge in [-0.3, -0.25) is 9.78 Å². The van der Waals surface area contributed by atoms with E-state index in [0.717, 1.165) is 0 Å². The molecule has 122 valence electrons. The number of nitrogens with zero attached hydrogens (tertiary/aromatic N) is 1. The number of hydrogen-bond donors (Lipinski definition) is 1. The fourth-order valence-corrected chi connectivity index (χ4v) is 2.58. The van der Waals surface area contributed by atoms with Crippen molar-refractivity contribution < 1.29 is 19.4 Å². The van der Waals surface area contributed by atoms with Crippen molar-refractivity contribution in [3.05, 3.63) is 45.7 Å². The molecule has 2 rings (SSSR count). The number of aromatic hydroxyl groups is 1. The van der Waals surface area contributed by atoms with Crippen molar-refractivity contribution in [2.45, 2.75) is 13.3 Å². The summed E-state index contributed by atoms with van der Waals surface area (Å²) in [6.45, 7) is 2.09. The molecular formula is C16H15Cl2NO4. The highest BCUT2D eigenvalue weighted by atomic mass is 35.5. The number of ketones is 1. The van der Waals surface area contributed by atoms with Crippen LogP contribution in [0.1, 0.15) is 22.8 Å². The Morgan fingerprint density at radius 1 is 1.26 bits per heavy atom. The predicted molar refractivity (Wildman–Crippen MR) is 88.1 cm³/mol. The number of rotatable bonds is 6. The third-order valence-corrected chi connectivity index (χ3v) is 3.85. The minimum Gasteiger partial charge on any atom is -0.504 e. The standard InChI is InChI=1S/C16H15Cl2NO4/c1-3-23-16-14(22-2)5-4-9(15(16)21)13(20)6-10-11(17)7-19-8-12(10)18/h4-5,7-8,21H,3,6H2,1-2H3. The Kier molecular flexibility index (Phi) is 5.69. The maximum atomic E-state index is 12.5. The first-order chi connectivity index (χ1) is 11.0. The van der Waals surface area contributed by atoms with Crippen LogP contribution in [0.2, 0.25) is 10.0 Å². The zero-order chi connectivity index (χ0) is 17.0. The predicted octanol–water partition coefficient (Wildman–Crippen LogP) is 3.93. The molecule has 0 saturated heterocycles. The average Bonchev–Trinajstić information content (AvgIpc) is 2.53. The molecule has 0 aliphatic rings. The van der Waals surface area contributed by atoms with Gasteiger partial charge >= 0.3 is 0 Å². The van der Waals surface area contributed by atoms with E-state index in [-0.39, 0.29) is 29.3 Å². The zero-order valence-corrected chi connectivity index (χ0v) is 14.1. The Morgan fingerprint density at radius 2 is 1.91 bits per heavy atom. The van der Waals surface area contributed by atoms with E-state index in [9.17, 15) is 9.90 Å². The Morgan fingerprint density at radius 3 is 2.48 bits per heavy atom. The second-order valence-electron chi connectivity index (χ2n) is 4.61. The first-order valence-corrected chi connectivity index (χ1v) is 7.59. The molecule has 0 unspecified atom stereocenters. The van der Waals surface area contributed by atoms with E-state index in [1.807, 2.05) is 0 Å². The topological polar surface area (TPSA) is 68.7 Å². The minimum absolute atomic E-state index is 0.0638. The van der Waals surface area contributed by atoms with E-state index in [1.54, 1.807) is 13.0 Å². The number of phenolic OH excluding ortho intramolecular Hbond substituents is 1. The molecule has 5 nitrogen and oxygen atoms in total. The molecule has 0 atom stereocenters. The average molecular weight is 356 g/mol. The summed E-state index contributed by atoms with van der Waals surface area (Å²) in [5.74, 6) is -0.132. The van der Waals surface area contributed by atoms with Gasteiger partial charge in [0.1, 0.15) is 0 Å². The molecule has 23 heavy (non-hydrogen) atoms. The van der Waals surface area contributed by atoms with E-state index in [4.69, 9.17) is 32.7 Å². The summed E-state index contributed by atoms with van der Waals surface area (Å²) >= 11 is 12.0. The number of methoxy groups -OCH3 is 1. The van der Waals surface area contributed by atoms with Crippen molar-refractivity contribution in [3.8, 4) is 17.2 Å². The van der Waals surface area contributed by atoms with Crippen molar-refractivity contribution >= 4 is 29.0 Å². The lowest BCUT2D eigenvalue weighted by Gasteiger charge is -2.14. The monoisotopic (exact) mass is 355 g/mol. The third kappa shape index (κ3) is 3.68. The van der Waals surface area contributed by atoms with Gasteiger partial charge in [0, 0.05) is 24.4 Å². The van der Waals surface area contributed by atoms with Gasteiger partial charge in [-0.15, -0.1) is 0 Å². The smallest absolute Gasteiger partial charge is 0.204 e. The van der Waals surface area contributed by atoms with E-state index in [0.29, 0.717) is 28.0 Å². The highest BCUT2D eigenvalue weighted by molar-refractivity contribution is 6.36. The van der Waals surface area contributed by atoms with Crippen molar-refractivity contribution in [3.63, 3.8) is 0 Å². The molecule has 0 bridgehead atoms. The Balaban J connectivity index is 2.38. The van der Waals surface area contributed by atoms with Crippen LogP contribution in [0.4, 0.5) is 0 Å². The molecular weight excluding hydrogens is 341 g/mol. The van der Waals surface area contributed by atoms with Gasteiger partial charge in [-0.2, -0.15) is 0 Å². The van der Waals surface area contributed by atoms with Gasteiger partial charge < -0.3 is 14.6 Å². The number of carbonyl (C=O) groups is 1. The SMILES string of the molecule is CCOc1c(OC)ccc(C(=O)Cc2c(Cl)cncc2Cl)c1O. The summed E-state index contributed by atoms with van der Waals surface area (Å²) in [5.41, 5.74) is 0.569. The van der Waals surface area contributed by atoms with Crippen LogP contribution in [0.25, 0.3) is 0 Å². The van der Waals surface area contributed by atoms with Gasteiger partial charge in [0.05, 0.1) is 29.3 Å². The number of aromatic nitrogens is 1. The number of ether oxygens (including phenoxy) is 2. The number of pyridine rings is 1. The lowest BCUT2D eigenvalue weighted by Crippen LogP contribution is -2.07. The van der Waals surface area contributed by atoms with Crippen LogP contribution < -0.4 is 9.47 Å². The normalized spacial score (nSPS) is 10.4. The molecule has 1 aromatic heterocycles. The minimum atomic E-state index is -0.346. The highest BCUT2D eigenvalue weighted by Gasteiger charge is 2.21. The third-order valence-electron chi connectivity index (χ3n) is 3.19. The number of carbonyl (C=O) groups excluding carboxylic acids is 1. The second-order valence-corrected chi connectivity index (χ2v) is 5.42. The lowest BCUT2D eigenvalue weighted by atomic mass is 10.0. The first-order valence-electron chi connectivity index (χ1n) is 6.83. The summed E-state index contributed by atoms with van der Waals surface area (Å²) in [6, 6.07) is 3.04. The molecule has 1 N–H and O–H groups in total. The summed E-state index contributed by atoms with van der Waals surface area (Å²) < 4.78 is 10.5. The van der Waals surface area contributed by atoms with Crippen LogP contribution in [0.5, 0.6) is 17.2 Å². The molecule has 0 aliphatic heterocycles. The maximum absolute atomic E-state index is 12.5. The number of hydrogen-bond acceptors (Lipinski definition) is 5. The van der Waals surface area contributed by atoms with Gasteiger partial charge in [-0.1, -0.05) is 23.2 Å². The van der Waals surface area contributed by atoms with Crippen molar-refractivity contribution in [2.24, 2.45) is 0 Å². The van der Waals surface area contributed by atoms with E-state index >= 15 is 0 Å². The van der Waals surface area contributed by atoms with E-state index < -0.39 is 0 Å². The molecule has 0 radical (unpaired) electrons. The number of phenols is 1. The van der Waals surface area contributed by atoms with Crippen LogP contribution in [0.15, 0.2) is 24.5 Å². The number of benzene rings is 1. The molecule has 0 fully saturated rings. The number of Topliss-reactive ketones (excluding diaryl/α,β-unsaturated/α-hetero) is 1. The van der Waals surface area contributed by atoms with Crippen LogP contribution >= 0.6 is 23.2 Å². The van der Waals surface area contributed by atoms with Gasteiger partial charge in [0.15, 0.2) is 17.3 Å². The first kappa shape index (κ1) is 17.4. The maximum Gasteiger partial charge on any atom is 0.204 e. The molecule has 1 heterocycles. The zero-order valence-electron chi connectivity index (χ0n) is 12.6. The van der Waals surface area contributed by atoms with Gasteiger partial charge in [-0.25, -0.2) is 0 Å². The van der Waals surface area contributed by atoms with Crippen molar-refractivity contribution in [2.75, 3.05) is 13.7 Å². The Hall–Kier alpha value is -1.98. The quantitative estimate of drug-likeness (QED) is 0.795. The number of halogens is 2. The molecule has 7 heteroatoms. The summed E-state index contributed by atoms with van der Waals surface area (Å²) in [6.07, 6.45) is 2.76. The summed E-state index contributed by atoms with van der Waals surface area (Å²) in [4.78, 5) is 16.3. The van der Waals surface area contributed by atoms with E-state index in [1.165, 1.54) is 25.6 Å². The molecule has 0 amide bonds. The molecule has 1 aromatic carbocycles. The van der Waals surface area contributed by atoms with Gasteiger partial charge in [0.25, 0.3) is 0 Å².